The van der Waals surface area contributed by atoms with E-state index < -0.39 is 28.3 Å². The van der Waals surface area contributed by atoms with E-state index in [1.807, 2.05) is 0 Å². The van der Waals surface area contributed by atoms with E-state index in [1.165, 1.54) is 4.90 Å². The van der Waals surface area contributed by atoms with Gasteiger partial charge in [-0.15, -0.1) is 0 Å². The van der Waals surface area contributed by atoms with Crippen LogP contribution < -0.4 is 0 Å². The van der Waals surface area contributed by atoms with Crippen molar-refractivity contribution in [3.05, 3.63) is 54.1 Å². The summed E-state index contributed by atoms with van der Waals surface area (Å²) in [6.45, 7) is 1.70. The molecule has 1 aliphatic heterocycles. The molecule has 2 aromatic rings. The van der Waals surface area contributed by atoms with Gasteiger partial charge in [0.25, 0.3) is 5.91 Å². The summed E-state index contributed by atoms with van der Waals surface area (Å²) in [6, 6.07) is 13.1. The Hall–Kier alpha value is -2.87. The number of esters is 1. The van der Waals surface area contributed by atoms with Crippen LogP contribution in [-0.4, -0.2) is 61.0 Å². The summed E-state index contributed by atoms with van der Waals surface area (Å²) >= 11 is 0. The highest BCUT2D eigenvalue weighted by Gasteiger charge is 2.34. The summed E-state index contributed by atoms with van der Waals surface area (Å²) in [4.78, 5) is 26.1. The lowest BCUT2D eigenvalue weighted by Crippen LogP contribution is -2.43. The molecule has 0 aliphatic carbocycles. The van der Waals surface area contributed by atoms with Crippen LogP contribution >= 0.6 is 0 Å². The standard InChI is InChI=1S/C21H23NO6S/c1-2-22(18-11-12-29(26,27)14-18)20(24)13-28-21(25)17-5-3-15(4-6-17)16-7-9-19(23)10-8-16/h3-10,18,23H,2,11-14H2,1H3/t18-/m1/s1. The largest absolute Gasteiger partial charge is 0.508 e. The van der Waals surface area contributed by atoms with Gasteiger partial charge in [-0.1, -0.05) is 24.3 Å². The molecule has 1 saturated heterocycles. The van der Waals surface area contributed by atoms with Crippen molar-refractivity contribution in [1.29, 1.82) is 0 Å². The third-order valence-electron chi connectivity index (χ3n) is 4.96. The molecule has 3 rings (SSSR count). The molecule has 154 valence electrons. The molecule has 0 unspecified atom stereocenters. The molecule has 8 heteroatoms. The Morgan fingerprint density at radius 1 is 1.07 bits per heavy atom. The quantitative estimate of drug-likeness (QED) is 0.724. The molecule has 1 aliphatic rings. The molecule has 0 saturated carbocycles. The number of ether oxygens (including phenoxy) is 1. The highest BCUT2D eigenvalue weighted by Crippen LogP contribution is 2.22. The molecule has 0 bridgehead atoms. The van der Waals surface area contributed by atoms with E-state index in [2.05, 4.69) is 0 Å². The Bertz CT molecular complexity index is 983. The second-order valence-electron chi connectivity index (χ2n) is 6.94. The number of rotatable bonds is 6. The number of carbonyl (C=O) groups excluding carboxylic acids is 2. The van der Waals surface area contributed by atoms with Gasteiger partial charge in [-0.25, -0.2) is 13.2 Å². The summed E-state index contributed by atoms with van der Waals surface area (Å²) < 4.78 is 28.4. The van der Waals surface area contributed by atoms with Gasteiger partial charge in [0, 0.05) is 12.6 Å². The van der Waals surface area contributed by atoms with E-state index in [4.69, 9.17) is 4.74 Å². The third-order valence-corrected chi connectivity index (χ3v) is 6.71. The van der Waals surface area contributed by atoms with Gasteiger partial charge in [0.05, 0.1) is 17.1 Å². The fourth-order valence-corrected chi connectivity index (χ4v) is 5.14. The lowest BCUT2D eigenvalue weighted by atomic mass is 10.0. The maximum atomic E-state index is 12.4. The first-order valence-corrected chi connectivity index (χ1v) is 11.2. The molecule has 1 fully saturated rings. The second-order valence-corrected chi connectivity index (χ2v) is 9.17. The molecule has 1 N–H and O–H groups in total. The van der Waals surface area contributed by atoms with Crippen LogP contribution in [0.3, 0.4) is 0 Å². The van der Waals surface area contributed by atoms with Gasteiger partial charge < -0.3 is 14.7 Å². The van der Waals surface area contributed by atoms with Crippen molar-refractivity contribution >= 4 is 21.7 Å². The Kier molecular flexibility index (Phi) is 6.22. The van der Waals surface area contributed by atoms with Gasteiger partial charge in [0.15, 0.2) is 16.4 Å². The molecule has 0 radical (unpaired) electrons. The Morgan fingerprint density at radius 2 is 1.66 bits per heavy atom. The summed E-state index contributed by atoms with van der Waals surface area (Å²) in [5.41, 5.74) is 2.08. The molecular formula is C21H23NO6S. The van der Waals surface area contributed by atoms with E-state index in [0.717, 1.165) is 11.1 Å². The lowest BCUT2D eigenvalue weighted by molar-refractivity contribution is -0.136. The number of nitrogens with zero attached hydrogens (tertiary/aromatic N) is 1. The number of carbonyl (C=O) groups is 2. The van der Waals surface area contributed by atoms with Crippen LogP contribution in [-0.2, 0) is 19.4 Å². The molecule has 0 aromatic heterocycles. The van der Waals surface area contributed by atoms with Gasteiger partial charge in [-0.05, 0) is 48.7 Å². The predicted octanol–water partition coefficient (Wildman–Crippen LogP) is 2.25. The Labute approximate surface area is 169 Å². The highest BCUT2D eigenvalue weighted by molar-refractivity contribution is 7.91. The van der Waals surface area contributed by atoms with Gasteiger partial charge >= 0.3 is 5.97 Å². The van der Waals surface area contributed by atoms with Crippen molar-refractivity contribution in [1.82, 2.24) is 4.90 Å². The van der Waals surface area contributed by atoms with Gasteiger partial charge in [-0.2, -0.15) is 0 Å². The van der Waals surface area contributed by atoms with E-state index >= 15 is 0 Å². The Balaban J connectivity index is 1.58. The van der Waals surface area contributed by atoms with Crippen LogP contribution in [0.25, 0.3) is 11.1 Å². The van der Waals surface area contributed by atoms with Crippen molar-refractivity contribution in [2.45, 2.75) is 19.4 Å². The fourth-order valence-electron chi connectivity index (χ4n) is 3.41. The van der Waals surface area contributed by atoms with Crippen LogP contribution in [0.5, 0.6) is 5.75 Å². The van der Waals surface area contributed by atoms with E-state index in [9.17, 15) is 23.1 Å². The number of amides is 1. The van der Waals surface area contributed by atoms with E-state index in [1.54, 1.807) is 55.5 Å². The third kappa shape index (κ3) is 5.14. The number of hydrogen-bond acceptors (Lipinski definition) is 6. The number of likely N-dealkylation sites (N-methyl/N-ethyl adjacent to an activating group) is 1. The number of hydrogen-bond donors (Lipinski definition) is 1. The number of phenols is 1. The first kappa shape index (κ1) is 20.9. The first-order valence-electron chi connectivity index (χ1n) is 9.35. The van der Waals surface area contributed by atoms with Crippen molar-refractivity contribution < 1.29 is 27.9 Å². The number of benzene rings is 2. The average Bonchev–Trinajstić information content (AvgIpc) is 3.06. The first-order chi connectivity index (χ1) is 13.8. The summed E-state index contributed by atoms with van der Waals surface area (Å²) in [7, 11) is -3.10. The second kappa shape index (κ2) is 8.65. The molecule has 2 aromatic carbocycles. The molecule has 0 spiro atoms. The maximum Gasteiger partial charge on any atom is 0.338 e. The van der Waals surface area contributed by atoms with Crippen LogP contribution in [0.2, 0.25) is 0 Å². The smallest absolute Gasteiger partial charge is 0.338 e. The van der Waals surface area contributed by atoms with Crippen molar-refractivity contribution in [2.24, 2.45) is 0 Å². The normalized spacial score (nSPS) is 17.6. The highest BCUT2D eigenvalue weighted by atomic mass is 32.2. The van der Waals surface area contributed by atoms with Gasteiger partial charge in [0.2, 0.25) is 0 Å². The number of phenolic OH excluding ortho intramolecular Hbond substituents is 1. The van der Waals surface area contributed by atoms with Gasteiger partial charge in [-0.3, -0.25) is 4.79 Å². The summed E-state index contributed by atoms with van der Waals surface area (Å²) in [5, 5.41) is 9.35. The zero-order chi connectivity index (χ0) is 21.0. The molecule has 1 amide bonds. The predicted molar refractivity (Wildman–Crippen MR) is 108 cm³/mol. The summed E-state index contributed by atoms with van der Waals surface area (Å²) in [5.74, 6) is -0.808. The molecule has 29 heavy (non-hydrogen) atoms. The average molecular weight is 417 g/mol. The van der Waals surface area contributed by atoms with Crippen molar-refractivity contribution in [2.75, 3.05) is 24.7 Å². The number of aromatic hydroxyl groups is 1. The summed E-state index contributed by atoms with van der Waals surface area (Å²) in [6.07, 6.45) is 0.411. The van der Waals surface area contributed by atoms with E-state index in [0.29, 0.717) is 18.5 Å². The monoisotopic (exact) mass is 417 g/mol. The van der Waals surface area contributed by atoms with E-state index in [-0.39, 0.29) is 23.3 Å². The van der Waals surface area contributed by atoms with Crippen LogP contribution in [0.15, 0.2) is 48.5 Å². The minimum Gasteiger partial charge on any atom is -0.508 e. The lowest BCUT2D eigenvalue weighted by Gasteiger charge is -2.26. The molecular weight excluding hydrogens is 394 g/mol. The zero-order valence-corrected chi connectivity index (χ0v) is 16.9. The van der Waals surface area contributed by atoms with Crippen LogP contribution in [0.4, 0.5) is 0 Å². The van der Waals surface area contributed by atoms with Gasteiger partial charge in [0.1, 0.15) is 5.75 Å². The Morgan fingerprint density at radius 3 is 2.17 bits per heavy atom. The topological polar surface area (TPSA) is 101 Å². The fraction of sp³-hybridized carbons (Fsp3) is 0.333. The molecule has 1 atom stereocenters. The SMILES string of the molecule is CCN(C(=O)COC(=O)c1ccc(-c2ccc(O)cc2)cc1)[C@@H]1CCS(=O)(=O)C1. The molecule has 1 heterocycles. The zero-order valence-electron chi connectivity index (χ0n) is 16.1. The number of sulfone groups is 1. The maximum absolute atomic E-state index is 12.4. The van der Waals surface area contributed by atoms with Crippen LogP contribution in [0.1, 0.15) is 23.7 Å². The minimum atomic E-state index is -3.10. The minimum absolute atomic E-state index is 0.0424. The van der Waals surface area contributed by atoms with Crippen molar-refractivity contribution in [3.63, 3.8) is 0 Å². The van der Waals surface area contributed by atoms with Crippen molar-refractivity contribution in [3.8, 4) is 16.9 Å². The van der Waals surface area contributed by atoms with Crippen LogP contribution in [0, 0.1) is 0 Å². The molecule has 7 nitrogen and oxygen atoms in total.